The molecule has 3 rings (SSSR count). The van der Waals surface area contributed by atoms with Crippen molar-refractivity contribution in [1.82, 2.24) is 14.9 Å². The number of aromatic amines is 1. The standard InChI is InChI=1S/C17H23N3OS/c1-5-14-19-12-7-6-8-13(16(12)22-14)20(4)17(21)15-10(2)9-11(3)18-15/h9,13,18H,5-8H2,1-4H3/t13-/m0/s1. The first-order chi connectivity index (χ1) is 10.5. The molecule has 2 aromatic rings. The van der Waals surface area contributed by atoms with Crippen molar-refractivity contribution in [2.75, 3.05) is 7.05 Å². The van der Waals surface area contributed by atoms with Gasteiger partial charge in [0.25, 0.3) is 5.91 Å². The number of amides is 1. The third-order valence-corrected chi connectivity index (χ3v) is 5.76. The zero-order valence-electron chi connectivity index (χ0n) is 13.7. The second kappa shape index (κ2) is 5.88. The maximum absolute atomic E-state index is 12.8. The van der Waals surface area contributed by atoms with Crippen LogP contribution in [0.15, 0.2) is 6.07 Å². The molecule has 1 atom stereocenters. The van der Waals surface area contributed by atoms with Crippen molar-refractivity contribution in [1.29, 1.82) is 0 Å². The first-order valence-electron chi connectivity index (χ1n) is 7.93. The van der Waals surface area contributed by atoms with Gasteiger partial charge in [-0.15, -0.1) is 11.3 Å². The molecule has 0 bridgehead atoms. The highest BCUT2D eigenvalue weighted by molar-refractivity contribution is 7.11. The van der Waals surface area contributed by atoms with Crippen LogP contribution in [0.25, 0.3) is 0 Å². The lowest BCUT2D eigenvalue weighted by molar-refractivity contribution is 0.0712. The summed E-state index contributed by atoms with van der Waals surface area (Å²) in [6.45, 7) is 6.11. The van der Waals surface area contributed by atoms with Crippen LogP contribution in [0.1, 0.15) is 63.1 Å². The average Bonchev–Trinajstić information content (AvgIpc) is 3.07. The third kappa shape index (κ3) is 2.58. The van der Waals surface area contributed by atoms with Crippen molar-refractivity contribution < 1.29 is 4.79 Å². The highest BCUT2D eigenvalue weighted by atomic mass is 32.1. The fraction of sp³-hybridized carbons (Fsp3) is 0.529. The largest absolute Gasteiger partial charge is 0.354 e. The summed E-state index contributed by atoms with van der Waals surface area (Å²) in [4.78, 5) is 24.0. The first kappa shape index (κ1) is 15.3. The molecular formula is C17H23N3OS. The molecule has 118 valence electrons. The SMILES string of the molecule is CCc1nc2c(s1)[C@@H](N(C)C(=O)c1[nH]c(C)cc1C)CCC2. The zero-order chi connectivity index (χ0) is 15.9. The highest BCUT2D eigenvalue weighted by Gasteiger charge is 2.31. The van der Waals surface area contributed by atoms with Gasteiger partial charge in [0.2, 0.25) is 0 Å². The smallest absolute Gasteiger partial charge is 0.270 e. The van der Waals surface area contributed by atoms with Crippen molar-refractivity contribution in [2.24, 2.45) is 0 Å². The second-order valence-corrected chi connectivity index (χ2v) is 7.22. The molecule has 0 aliphatic heterocycles. The van der Waals surface area contributed by atoms with Gasteiger partial charge in [0.05, 0.1) is 21.6 Å². The number of hydrogen-bond donors (Lipinski definition) is 1. The summed E-state index contributed by atoms with van der Waals surface area (Å²) in [5, 5.41) is 1.18. The van der Waals surface area contributed by atoms with Crippen molar-refractivity contribution in [3.63, 3.8) is 0 Å². The molecule has 0 spiro atoms. The Morgan fingerprint density at radius 2 is 2.27 bits per heavy atom. The Bertz CT molecular complexity index is 701. The van der Waals surface area contributed by atoms with Crippen LogP contribution in [0, 0.1) is 13.8 Å². The Morgan fingerprint density at radius 1 is 1.50 bits per heavy atom. The van der Waals surface area contributed by atoms with Crippen LogP contribution in [-0.4, -0.2) is 27.8 Å². The van der Waals surface area contributed by atoms with E-state index in [1.54, 1.807) is 11.3 Å². The number of H-pyrrole nitrogens is 1. The number of thiazole rings is 1. The van der Waals surface area contributed by atoms with Gasteiger partial charge in [-0.05, 0) is 51.2 Å². The molecule has 2 aromatic heterocycles. The van der Waals surface area contributed by atoms with Gasteiger partial charge in [-0.2, -0.15) is 0 Å². The van der Waals surface area contributed by atoms with Gasteiger partial charge >= 0.3 is 0 Å². The van der Waals surface area contributed by atoms with Crippen LogP contribution in [0.2, 0.25) is 0 Å². The van der Waals surface area contributed by atoms with E-state index in [9.17, 15) is 4.79 Å². The molecule has 22 heavy (non-hydrogen) atoms. The molecule has 2 heterocycles. The van der Waals surface area contributed by atoms with Crippen LogP contribution in [-0.2, 0) is 12.8 Å². The molecular weight excluding hydrogens is 294 g/mol. The second-order valence-electron chi connectivity index (χ2n) is 6.11. The lowest BCUT2D eigenvalue weighted by Crippen LogP contribution is -2.33. The van der Waals surface area contributed by atoms with E-state index >= 15 is 0 Å². The number of rotatable bonds is 3. The molecule has 0 fully saturated rings. The van der Waals surface area contributed by atoms with Crippen molar-refractivity contribution in [3.05, 3.63) is 38.6 Å². The van der Waals surface area contributed by atoms with E-state index in [4.69, 9.17) is 4.98 Å². The summed E-state index contributed by atoms with van der Waals surface area (Å²) in [7, 11) is 1.92. The van der Waals surface area contributed by atoms with Crippen LogP contribution >= 0.6 is 11.3 Å². The molecule has 1 N–H and O–H groups in total. The Balaban J connectivity index is 1.90. The normalized spacial score (nSPS) is 17.4. The molecule has 0 saturated heterocycles. The van der Waals surface area contributed by atoms with Gasteiger partial charge in [0.1, 0.15) is 5.69 Å². The summed E-state index contributed by atoms with van der Waals surface area (Å²) in [5.41, 5.74) is 3.97. The molecule has 0 saturated carbocycles. The molecule has 4 nitrogen and oxygen atoms in total. The number of nitrogens with zero attached hydrogens (tertiary/aromatic N) is 2. The zero-order valence-corrected chi connectivity index (χ0v) is 14.5. The number of fused-ring (bicyclic) bond motifs is 1. The Hall–Kier alpha value is -1.62. The molecule has 1 amide bonds. The summed E-state index contributed by atoms with van der Waals surface area (Å²) in [6.07, 6.45) is 4.15. The van der Waals surface area contributed by atoms with Gasteiger partial charge < -0.3 is 9.88 Å². The topological polar surface area (TPSA) is 49.0 Å². The summed E-state index contributed by atoms with van der Waals surface area (Å²) in [6, 6.07) is 2.19. The third-order valence-electron chi connectivity index (χ3n) is 4.42. The van der Waals surface area contributed by atoms with Crippen molar-refractivity contribution in [2.45, 2.75) is 52.5 Å². The van der Waals surface area contributed by atoms with Crippen LogP contribution in [0.4, 0.5) is 0 Å². The van der Waals surface area contributed by atoms with Crippen LogP contribution in [0.3, 0.4) is 0 Å². The molecule has 5 heteroatoms. The predicted molar refractivity (Wildman–Crippen MR) is 89.5 cm³/mol. The highest BCUT2D eigenvalue weighted by Crippen LogP contribution is 2.38. The average molecular weight is 317 g/mol. The Labute approximate surface area is 135 Å². The van der Waals surface area contributed by atoms with Crippen molar-refractivity contribution >= 4 is 17.2 Å². The minimum Gasteiger partial charge on any atom is -0.354 e. The fourth-order valence-electron chi connectivity index (χ4n) is 3.24. The van der Waals surface area contributed by atoms with Gasteiger partial charge in [0.15, 0.2) is 0 Å². The Kier molecular flexibility index (Phi) is 4.08. The molecule has 0 radical (unpaired) electrons. The quantitative estimate of drug-likeness (QED) is 0.936. The van der Waals surface area contributed by atoms with Gasteiger partial charge in [-0.1, -0.05) is 6.92 Å². The minimum atomic E-state index is 0.0786. The van der Waals surface area contributed by atoms with Crippen LogP contribution < -0.4 is 0 Å². The van der Waals surface area contributed by atoms with Gasteiger partial charge in [-0.3, -0.25) is 4.79 Å². The fourth-order valence-corrected chi connectivity index (χ4v) is 4.47. The number of nitrogens with one attached hydrogen (secondary N) is 1. The summed E-state index contributed by atoms with van der Waals surface area (Å²) in [5.74, 6) is 0.0786. The van der Waals surface area contributed by atoms with E-state index in [0.717, 1.165) is 36.9 Å². The lowest BCUT2D eigenvalue weighted by atomic mass is 9.96. The van der Waals surface area contributed by atoms with E-state index in [1.165, 1.54) is 15.6 Å². The van der Waals surface area contributed by atoms with Crippen LogP contribution in [0.5, 0.6) is 0 Å². The molecule has 0 unspecified atom stereocenters. The van der Waals surface area contributed by atoms with Crippen molar-refractivity contribution in [3.8, 4) is 0 Å². The van der Waals surface area contributed by atoms with Gasteiger partial charge in [-0.25, -0.2) is 4.98 Å². The number of aryl methyl sites for hydroxylation is 4. The molecule has 1 aliphatic carbocycles. The minimum absolute atomic E-state index is 0.0786. The predicted octanol–water partition coefficient (Wildman–Crippen LogP) is 3.80. The molecule has 0 aromatic carbocycles. The number of carbonyl (C=O) groups excluding carboxylic acids is 1. The Morgan fingerprint density at radius 3 is 2.91 bits per heavy atom. The number of carbonyl (C=O) groups is 1. The monoisotopic (exact) mass is 317 g/mol. The number of aromatic nitrogens is 2. The maximum atomic E-state index is 12.8. The van der Waals surface area contributed by atoms with Gasteiger partial charge in [0, 0.05) is 12.7 Å². The molecule has 1 aliphatic rings. The number of hydrogen-bond acceptors (Lipinski definition) is 3. The summed E-state index contributed by atoms with van der Waals surface area (Å²) >= 11 is 1.78. The van der Waals surface area contributed by atoms with E-state index < -0.39 is 0 Å². The first-order valence-corrected chi connectivity index (χ1v) is 8.74. The van der Waals surface area contributed by atoms with E-state index in [0.29, 0.717) is 5.69 Å². The summed E-state index contributed by atoms with van der Waals surface area (Å²) < 4.78 is 0. The van der Waals surface area contributed by atoms with E-state index in [2.05, 4.69) is 11.9 Å². The van der Waals surface area contributed by atoms with E-state index in [-0.39, 0.29) is 11.9 Å². The van der Waals surface area contributed by atoms with E-state index in [1.807, 2.05) is 31.9 Å². The maximum Gasteiger partial charge on any atom is 0.270 e. The lowest BCUT2D eigenvalue weighted by Gasteiger charge is -2.30.